The molecule has 0 amide bonds. The van der Waals surface area contributed by atoms with E-state index in [9.17, 15) is 4.79 Å². The minimum Gasteiger partial charge on any atom is -0.469 e. The summed E-state index contributed by atoms with van der Waals surface area (Å²) in [4.78, 5) is 20.7. The van der Waals surface area contributed by atoms with Gasteiger partial charge >= 0.3 is 5.97 Å². The first-order valence-corrected chi connectivity index (χ1v) is 9.21. The van der Waals surface area contributed by atoms with Crippen molar-refractivity contribution in [1.29, 1.82) is 0 Å². The van der Waals surface area contributed by atoms with Crippen LogP contribution in [0.3, 0.4) is 0 Å². The Hall–Kier alpha value is -1.68. The van der Waals surface area contributed by atoms with Gasteiger partial charge in [-0.25, -0.2) is 0 Å². The van der Waals surface area contributed by atoms with Gasteiger partial charge in [-0.1, -0.05) is 31.5 Å². The number of hydrogen-bond donors (Lipinski definition) is 0. The Morgan fingerprint density at radius 2 is 2.25 bits per heavy atom. The van der Waals surface area contributed by atoms with E-state index in [0.29, 0.717) is 17.9 Å². The van der Waals surface area contributed by atoms with Crippen molar-refractivity contribution in [3.05, 3.63) is 29.8 Å². The number of ether oxygens (including phenoxy) is 1. The van der Waals surface area contributed by atoms with Crippen LogP contribution in [0, 0.1) is 17.8 Å². The first-order valence-electron chi connectivity index (χ1n) is 9.21. The van der Waals surface area contributed by atoms with Crippen LogP contribution in [0.2, 0.25) is 0 Å². The maximum absolute atomic E-state index is 13.0. The Morgan fingerprint density at radius 3 is 3.04 bits per heavy atom. The molecule has 3 heterocycles. The molecule has 2 saturated heterocycles. The van der Waals surface area contributed by atoms with Crippen molar-refractivity contribution in [2.75, 3.05) is 20.2 Å². The predicted molar refractivity (Wildman–Crippen MR) is 92.6 cm³/mol. The highest BCUT2D eigenvalue weighted by molar-refractivity contribution is 6.09. The number of hydrogen-bond acceptors (Lipinski definition) is 4. The fraction of sp³-hybridized carbons (Fsp3) is 0.600. The molecule has 3 aliphatic heterocycles. The van der Waals surface area contributed by atoms with Gasteiger partial charge in [0.05, 0.1) is 24.1 Å². The lowest BCUT2D eigenvalue weighted by Gasteiger charge is -2.60. The summed E-state index contributed by atoms with van der Waals surface area (Å²) in [5, 5.41) is 0. The van der Waals surface area contributed by atoms with Crippen LogP contribution in [0.25, 0.3) is 0 Å². The summed E-state index contributed by atoms with van der Waals surface area (Å²) in [5.41, 5.74) is 3.36. The molecule has 24 heavy (non-hydrogen) atoms. The second-order valence-corrected chi connectivity index (χ2v) is 7.81. The van der Waals surface area contributed by atoms with E-state index >= 15 is 0 Å². The maximum atomic E-state index is 13.0. The molecule has 0 N–H and O–H groups in total. The maximum Gasteiger partial charge on any atom is 0.310 e. The number of fused-ring (bicyclic) bond motifs is 2. The third kappa shape index (κ3) is 1.58. The molecule has 1 saturated carbocycles. The fourth-order valence-electron chi connectivity index (χ4n) is 6.16. The fourth-order valence-corrected chi connectivity index (χ4v) is 6.16. The summed E-state index contributed by atoms with van der Waals surface area (Å²) >= 11 is 0. The highest BCUT2D eigenvalue weighted by Crippen LogP contribution is 2.60. The van der Waals surface area contributed by atoms with E-state index in [-0.39, 0.29) is 17.3 Å². The lowest BCUT2D eigenvalue weighted by Crippen LogP contribution is -2.70. The van der Waals surface area contributed by atoms with Crippen molar-refractivity contribution in [1.82, 2.24) is 4.90 Å². The number of carbonyl (C=O) groups excluding carboxylic acids is 1. The number of nitrogens with zero attached hydrogens (tertiary/aromatic N) is 2. The topological polar surface area (TPSA) is 41.9 Å². The first-order chi connectivity index (χ1) is 11.7. The average molecular weight is 324 g/mol. The summed E-state index contributed by atoms with van der Waals surface area (Å²) in [6.45, 7) is 4.43. The van der Waals surface area contributed by atoms with Gasteiger partial charge < -0.3 is 4.74 Å². The SMILES string of the molecule is CCC1CN2CCC34C(=Nc5ccccc53)C2CC1C4C(=O)OC. The standard InChI is InChI=1S/C20H24N2O2/c1-3-12-11-22-9-8-20-14-6-4-5-7-15(14)21-18(20)16(22)10-13(12)17(20)19(23)24-2/h4-7,12-13,16-17H,3,8-11H2,1-2H3. The van der Waals surface area contributed by atoms with Crippen LogP contribution in [0.15, 0.2) is 29.3 Å². The van der Waals surface area contributed by atoms with Crippen molar-refractivity contribution in [3.8, 4) is 0 Å². The van der Waals surface area contributed by atoms with E-state index in [4.69, 9.17) is 9.73 Å². The molecule has 0 radical (unpaired) electrons. The monoisotopic (exact) mass is 324 g/mol. The van der Waals surface area contributed by atoms with Gasteiger partial charge in [0.15, 0.2) is 0 Å². The van der Waals surface area contributed by atoms with E-state index < -0.39 is 0 Å². The quantitative estimate of drug-likeness (QED) is 0.786. The smallest absolute Gasteiger partial charge is 0.310 e. The second kappa shape index (κ2) is 4.92. The number of benzene rings is 1. The van der Waals surface area contributed by atoms with E-state index in [1.165, 1.54) is 11.3 Å². The average Bonchev–Trinajstić information content (AvgIpc) is 2.96. The molecule has 5 rings (SSSR count). The van der Waals surface area contributed by atoms with Gasteiger partial charge in [-0.05, 0) is 36.3 Å². The lowest BCUT2D eigenvalue weighted by atomic mass is 9.50. The minimum atomic E-state index is -0.221. The van der Waals surface area contributed by atoms with Gasteiger partial charge in [-0.3, -0.25) is 14.7 Å². The third-order valence-electron chi connectivity index (χ3n) is 7.14. The summed E-state index contributed by atoms with van der Waals surface area (Å²) in [7, 11) is 1.54. The molecule has 1 aromatic rings. The highest BCUT2D eigenvalue weighted by Gasteiger charge is 2.65. The molecule has 4 nitrogen and oxygen atoms in total. The molecule has 5 unspecified atom stereocenters. The summed E-state index contributed by atoms with van der Waals surface area (Å²) in [6.07, 6.45) is 3.18. The minimum absolute atomic E-state index is 0.0309. The van der Waals surface area contributed by atoms with Crippen LogP contribution in [-0.4, -0.2) is 42.8 Å². The zero-order valence-electron chi connectivity index (χ0n) is 14.4. The van der Waals surface area contributed by atoms with Crippen LogP contribution in [0.5, 0.6) is 0 Å². The predicted octanol–water partition coefficient (Wildman–Crippen LogP) is 2.93. The van der Waals surface area contributed by atoms with Gasteiger partial charge in [-0.15, -0.1) is 0 Å². The Kier molecular flexibility index (Phi) is 3.00. The van der Waals surface area contributed by atoms with Crippen molar-refractivity contribution in [2.24, 2.45) is 22.7 Å². The third-order valence-corrected chi connectivity index (χ3v) is 7.14. The second-order valence-electron chi connectivity index (χ2n) is 7.81. The van der Waals surface area contributed by atoms with Crippen LogP contribution >= 0.6 is 0 Å². The molecule has 3 fully saturated rings. The van der Waals surface area contributed by atoms with Gasteiger partial charge in [0.25, 0.3) is 0 Å². The van der Waals surface area contributed by atoms with Gasteiger partial charge in [-0.2, -0.15) is 0 Å². The number of aliphatic imine (C=N–C) groups is 1. The summed E-state index contributed by atoms with van der Waals surface area (Å²) < 4.78 is 5.33. The van der Waals surface area contributed by atoms with Crippen molar-refractivity contribution in [2.45, 2.75) is 37.6 Å². The van der Waals surface area contributed by atoms with Gasteiger partial charge in [0, 0.05) is 24.8 Å². The molecule has 4 heteroatoms. The molecular weight excluding hydrogens is 300 g/mol. The molecule has 126 valence electrons. The normalized spacial score (nSPS) is 39.2. The van der Waals surface area contributed by atoms with E-state index in [2.05, 4.69) is 36.1 Å². The Bertz CT molecular complexity index is 743. The molecule has 0 aromatic heterocycles. The van der Waals surface area contributed by atoms with E-state index in [1.807, 2.05) is 0 Å². The van der Waals surface area contributed by atoms with Gasteiger partial charge in [0.2, 0.25) is 0 Å². The molecule has 4 aliphatic rings. The van der Waals surface area contributed by atoms with Crippen LogP contribution in [0.4, 0.5) is 5.69 Å². The number of methoxy groups -OCH3 is 1. The summed E-state index contributed by atoms with van der Waals surface area (Å²) in [5.74, 6) is 0.885. The van der Waals surface area contributed by atoms with Crippen molar-refractivity contribution >= 4 is 17.4 Å². The number of rotatable bonds is 2. The molecule has 1 aliphatic carbocycles. The largest absolute Gasteiger partial charge is 0.469 e. The molecule has 3 bridgehead atoms. The Balaban J connectivity index is 1.76. The zero-order valence-corrected chi connectivity index (χ0v) is 14.4. The molecule has 0 spiro atoms. The van der Waals surface area contributed by atoms with Gasteiger partial charge in [0.1, 0.15) is 0 Å². The van der Waals surface area contributed by atoms with E-state index in [1.54, 1.807) is 7.11 Å². The first kappa shape index (κ1) is 14.6. The lowest BCUT2D eigenvalue weighted by molar-refractivity contribution is -0.156. The van der Waals surface area contributed by atoms with E-state index in [0.717, 1.165) is 38.0 Å². The Labute approximate surface area is 142 Å². The number of carbonyl (C=O) groups is 1. The number of para-hydroxylation sites is 1. The Morgan fingerprint density at radius 1 is 1.42 bits per heavy atom. The number of piperidine rings is 2. The van der Waals surface area contributed by atoms with Crippen LogP contribution in [0.1, 0.15) is 31.7 Å². The number of esters is 1. The molecule has 5 atom stereocenters. The summed E-state index contributed by atoms with van der Waals surface area (Å²) in [6, 6.07) is 8.86. The van der Waals surface area contributed by atoms with Crippen molar-refractivity contribution < 1.29 is 9.53 Å². The van der Waals surface area contributed by atoms with Crippen LogP contribution < -0.4 is 0 Å². The van der Waals surface area contributed by atoms with Crippen molar-refractivity contribution in [3.63, 3.8) is 0 Å². The molecule has 1 aromatic carbocycles. The zero-order chi connectivity index (χ0) is 16.5. The molecular formula is C20H24N2O2. The highest BCUT2D eigenvalue weighted by atomic mass is 16.5. The van der Waals surface area contributed by atoms with Crippen LogP contribution in [-0.2, 0) is 14.9 Å².